The SMILES string of the molecule is [C-]#[N+]/C(C#N)=C1\C(=C2c3c(O)cccc3C(=[N+](CC)CC)c3cccc(O)c32)C(O)=C1c1c2c(O)cccc2c(N(C)C)c2cccc(O)c12. The Morgan fingerprint density at radius 2 is 1.18 bits per heavy atom. The first-order valence-electron chi connectivity index (χ1n) is 16.2. The average Bonchev–Trinajstić information content (AvgIpc) is 3.09. The van der Waals surface area contributed by atoms with Crippen molar-refractivity contribution < 1.29 is 30.1 Å². The molecular weight excluding hydrogens is 628 g/mol. The van der Waals surface area contributed by atoms with Crippen LogP contribution in [0.15, 0.2) is 95.4 Å². The first kappa shape index (κ1) is 31.9. The number of aromatic hydroxyl groups is 4. The lowest BCUT2D eigenvalue weighted by Gasteiger charge is -2.35. The van der Waals surface area contributed by atoms with Gasteiger partial charge in [-0.25, -0.2) is 14.7 Å². The lowest BCUT2D eigenvalue weighted by Crippen LogP contribution is -2.29. The summed E-state index contributed by atoms with van der Waals surface area (Å²) in [5.41, 5.74) is 3.82. The fourth-order valence-corrected chi connectivity index (χ4v) is 7.69. The van der Waals surface area contributed by atoms with Crippen LogP contribution in [0.1, 0.15) is 41.7 Å². The Kier molecular flexibility index (Phi) is 7.50. The molecule has 9 heteroatoms. The third-order valence-electron chi connectivity index (χ3n) is 9.65. The molecule has 5 aromatic rings. The summed E-state index contributed by atoms with van der Waals surface area (Å²) >= 11 is 0. The van der Waals surface area contributed by atoms with E-state index in [1.807, 2.05) is 63.2 Å². The first-order valence-corrected chi connectivity index (χ1v) is 16.2. The van der Waals surface area contributed by atoms with Crippen molar-refractivity contribution in [3.8, 4) is 29.1 Å². The molecule has 0 radical (unpaired) electrons. The molecule has 5 aromatic carbocycles. The molecule has 0 aromatic heterocycles. The predicted octanol–water partition coefficient (Wildman–Crippen LogP) is 7.57. The quantitative estimate of drug-likeness (QED) is 0.0569. The number of aliphatic hydroxyl groups is 1. The number of aliphatic hydroxyl groups excluding tert-OH is 1. The van der Waals surface area contributed by atoms with Crippen LogP contribution in [0.25, 0.3) is 37.5 Å². The average molecular weight is 662 g/mol. The summed E-state index contributed by atoms with van der Waals surface area (Å²) in [6.07, 6.45) is 0. The summed E-state index contributed by atoms with van der Waals surface area (Å²) in [5.74, 6) is -0.823. The number of nitrogens with zero attached hydrogens (tertiary/aromatic N) is 4. The van der Waals surface area contributed by atoms with Crippen LogP contribution in [0.3, 0.4) is 0 Å². The second-order valence-electron chi connectivity index (χ2n) is 12.4. The molecule has 0 spiro atoms. The van der Waals surface area contributed by atoms with Crippen molar-refractivity contribution in [3.05, 3.63) is 135 Å². The van der Waals surface area contributed by atoms with Crippen molar-refractivity contribution in [3.63, 3.8) is 0 Å². The minimum atomic E-state index is -0.350. The number of fused-ring (bicyclic) bond motifs is 4. The van der Waals surface area contributed by atoms with Crippen molar-refractivity contribution in [1.29, 1.82) is 5.26 Å². The topological polar surface area (TPSA) is 136 Å². The van der Waals surface area contributed by atoms with Crippen LogP contribution in [0.2, 0.25) is 0 Å². The van der Waals surface area contributed by atoms with Gasteiger partial charge in [-0.05, 0) is 50.2 Å². The number of benzene rings is 5. The number of allylic oxidation sites excluding steroid dienone is 3. The van der Waals surface area contributed by atoms with Crippen molar-refractivity contribution in [2.24, 2.45) is 0 Å². The standard InChI is InChI=1S/C41H32N4O5/c1-6-45(7-2)40-23-14-10-18-28(48)32(23)36(33-24(40)15-11-19-29(33)49)38-34(25(20-42)43-3)37(41(38)50)35-30-21(12-8-16-26(30)46)39(44(4)5)22-13-9-17-27(47)31(22)35/h8-19H,6-7H2,1-2,4-5H3,(H4-,46,47,48,49,50)/p+1/b34-25-. The van der Waals surface area contributed by atoms with Crippen LogP contribution in [0, 0.1) is 17.9 Å². The zero-order chi connectivity index (χ0) is 35.6. The molecule has 0 heterocycles. The molecule has 2 aliphatic carbocycles. The van der Waals surface area contributed by atoms with Gasteiger partial charge in [-0.2, -0.15) is 0 Å². The molecule has 0 unspecified atom stereocenters. The third-order valence-corrected chi connectivity index (χ3v) is 9.65. The van der Waals surface area contributed by atoms with Gasteiger partial charge in [0, 0.05) is 74.6 Å². The molecule has 2 aliphatic rings. The number of hydrogen-bond acceptors (Lipinski definition) is 7. The second kappa shape index (κ2) is 11.8. The Morgan fingerprint density at radius 3 is 1.62 bits per heavy atom. The zero-order valence-electron chi connectivity index (χ0n) is 27.9. The highest BCUT2D eigenvalue weighted by atomic mass is 16.3. The Balaban J connectivity index is 1.74. The fraction of sp³-hybridized carbons (Fsp3) is 0.146. The summed E-state index contributed by atoms with van der Waals surface area (Å²) in [6.45, 7) is 13.4. The highest BCUT2D eigenvalue weighted by Gasteiger charge is 2.44. The van der Waals surface area contributed by atoms with Gasteiger partial charge in [0.05, 0.1) is 29.5 Å². The minimum absolute atomic E-state index is 0.0661. The Labute approximate surface area is 288 Å². The van der Waals surface area contributed by atoms with E-state index in [2.05, 4.69) is 9.42 Å². The van der Waals surface area contributed by atoms with Gasteiger partial charge in [0.2, 0.25) is 5.71 Å². The van der Waals surface area contributed by atoms with E-state index in [0.717, 1.165) is 5.71 Å². The lowest BCUT2D eigenvalue weighted by atomic mass is 9.68. The van der Waals surface area contributed by atoms with Crippen LogP contribution in [-0.4, -0.2) is 63.0 Å². The van der Waals surface area contributed by atoms with E-state index in [1.165, 1.54) is 24.3 Å². The second-order valence-corrected chi connectivity index (χ2v) is 12.4. The summed E-state index contributed by atoms with van der Waals surface area (Å²) in [7, 11) is 3.70. The number of phenolic OH excluding ortho intramolecular Hbond substituents is 4. The van der Waals surface area contributed by atoms with Crippen molar-refractivity contribution >= 4 is 44.1 Å². The van der Waals surface area contributed by atoms with Gasteiger partial charge in [0.25, 0.3) is 5.70 Å². The van der Waals surface area contributed by atoms with E-state index in [4.69, 9.17) is 6.57 Å². The minimum Gasteiger partial charge on any atom is -0.507 e. The van der Waals surface area contributed by atoms with Gasteiger partial charge in [0.15, 0.2) is 0 Å². The number of rotatable bonds is 4. The van der Waals surface area contributed by atoms with Gasteiger partial charge in [-0.15, -0.1) is 0 Å². The number of hydrogen-bond donors (Lipinski definition) is 5. The Bertz CT molecular complexity index is 2420. The fourth-order valence-electron chi connectivity index (χ4n) is 7.69. The molecule has 0 amide bonds. The van der Waals surface area contributed by atoms with Crippen molar-refractivity contribution in [1.82, 2.24) is 0 Å². The van der Waals surface area contributed by atoms with Crippen molar-refractivity contribution in [2.45, 2.75) is 13.8 Å². The van der Waals surface area contributed by atoms with Crippen LogP contribution in [0.4, 0.5) is 5.69 Å². The van der Waals surface area contributed by atoms with Gasteiger partial charge < -0.3 is 30.4 Å². The monoisotopic (exact) mass is 661 g/mol. The molecule has 50 heavy (non-hydrogen) atoms. The molecule has 7 rings (SSSR count). The summed E-state index contributed by atoms with van der Waals surface area (Å²) in [5, 5.41) is 70.6. The number of anilines is 1. The van der Waals surface area contributed by atoms with Crippen LogP contribution < -0.4 is 4.90 Å². The molecule has 0 fully saturated rings. The van der Waals surface area contributed by atoms with Crippen LogP contribution >= 0.6 is 0 Å². The maximum Gasteiger partial charge on any atom is 0.270 e. The highest BCUT2D eigenvalue weighted by molar-refractivity contribution is 6.27. The maximum atomic E-state index is 12.4. The molecule has 0 saturated carbocycles. The molecule has 0 atom stereocenters. The molecule has 0 saturated heterocycles. The third kappa shape index (κ3) is 4.27. The van der Waals surface area contributed by atoms with Gasteiger partial charge in [0.1, 0.15) is 41.8 Å². The molecule has 5 N–H and O–H groups in total. The van der Waals surface area contributed by atoms with E-state index in [9.17, 15) is 30.8 Å². The van der Waals surface area contributed by atoms with E-state index in [-0.39, 0.29) is 62.3 Å². The number of nitriles is 1. The largest absolute Gasteiger partial charge is 0.507 e. The smallest absolute Gasteiger partial charge is 0.270 e. The summed E-state index contributed by atoms with van der Waals surface area (Å²) < 4.78 is 2.12. The molecule has 0 bridgehead atoms. The lowest BCUT2D eigenvalue weighted by molar-refractivity contribution is -0.519. The molecule has 9 nitrogen and oxygen atoms in total. The zero-order valence-corrected chi connectivity index (χ0v) is 27.9. The van der Waals surface area contributed by atoms with E-state index >= 15 is 0 Å². The maximum absolute atomic E-state index is 12.4. The normalized spacial score (nSPS) is 14.6. The van der Waals surface area contributed by atoms with Crippen molar-refractivity contribution in [2.75, 3.05) is 32.1 Å². The molecule has 246 valence electrons. The Morgan fingerprint density at radius 1 is 0.700 bits per heavy atom. The van der Waals surface area contributed by atoms with Gasteiger partial charge in [-0.3, -0.25) is 0 Å². The summed E-state index contributed by atoms with van der Waals surface area (Å²) in [4.78, 5) is 5.45. The van der Waals surface area contributed by atoms with E-state index in [1.54, 1.807) is 24.3 Å². The highest BCUT2D eigenvalue weighted by Crippen LogP contribution is 2.59. The van der Waals surface area contributed by atoms with E-state index in [0.29, 0.717) is 62.6 Å². The Hall–Kier alpha value is -6.71. The molecule has 0 aliphatic heterocycles. The predicted molar refractivity (Wildman–Crippen MR) is 195 cm³/mol. The van der Waals surface area contributed by atoms with Gasteiger partial charge in [-0.1, -0.05) is 36.4 Å². The first-order chi connectivity index (χ1) is 24.1. The number of phenols is 4. The summed E-state index contributed by atoms with van der Waals surface area (Å²) in [6, 6.07) is 22.3. The van der Waals surface area contributed by atoms with Gasteiger partial charge >= 0.3 is 0 Å². The van der Waals surface area contributed by atoms with Crippen LogP contribution in [0.5, 0.6) is 23.0 Å². The van der Waals surface area contributed by atoms with E-state index < -0.39 is 0 Å². The molecular formula is C41H33N4O5+. The van der Waals surface area contributed by atoms with Crippen LogP contribution in [-0.2, 0) is 0 Å².